The lowest BCUT2D eigenvalue weighted by atomic mass is 9.90. The van der Waals surface area contributed by atoms with Crippen molar-refractivity contribution >= 4 is 15.5 Å². The minimum atomic E-state index is -3.13. The summed E-state index contributed by atoms with van der Waals surface area (Å²) in [6.07, 6.45) is 2.92. The van der Waals surface area contributed by atoms with Crippen LogP contribution >= 0.6 is 0 Å². The lowest BCUT2D eigenvalue weighted by Gasteiger charge is -2.15. The van der Waals surface area contributed by atoms with Crippen LogP contribution in [0, 0.1) is 16.7 Å². The van der Waals surface area contributed by atoms with E-state index in [-0.39, 0.29) is 5.41 Å². The second kappa shape index (κ2) is 6.07. The predicted octanol–water partition coefficient (Wildman–Crippen LogP) is 2.83. The second-order valence-corrected chi connectivity index (χ2v) is 7.34. The molecule has 0 aromatic heterocycles. The van der Waals surface area contributed by atoms with Crippen LogP contribution in [-0.2, 0) is 9.84 Å². The molecule has 0 unspecified atom stereocenters. The molecule has 1 aromatic rings. The van der Waals surface area contributed by atoms with Gasteiger partial charge >= 0.3 is 0 Å². The molecule has 0 heterocycles. The van der Waals surface area contributed by atoms with Gasteiger partial charge in [0.05, 0.1) is 16.4 Å². The summed E-state index contributed by atoms with van der Waals surface area (Å²) >= 11 is 0. The highest BCUT2D eigenvalue weighted by molar-refractivity contribution is 7.90. The Hall–Kier alpha value is -1.54. The predicted molar refractivity (Wildman–Crippen MR) is 76.7 cm³/mol. The highest BCUT2D eigenvalue weighted by atomic mass is 32.2. The molecule has 0 spiro atoms. The quantitative estimate of drug-likeness (QED) is 0.813. The molecule has 4 nitrogen and oxygen atoms in total. The van der Waals surface area contributed by atoms with Gasteiger partial charge in [-0.1, -0.05) is 0 Å². The Balaban J connectivity index is 2.46. The number of rotatable bonds is 6. The van der Waals surface area contributed by atoms with Crippen molar-refractivity contribution in [2.45, 2.75) is 31.6 Å². The third-order valence-electron chi connectivity index (χ3n) is 2.89. The van der Waals surface area contributed by atoms with Crippen LogP contribution in [0.15, 0.2) is 29.2 Å². The number of anilines is 1. The van der Waals surface area contributed by atoms with E-state index in [4.69, 9.17) is 5.26 Å². The van der Waals surface area contributed by atoms with Crippen molar-refractivity contribution in [1.29, 1.82) is 5.26 Å². The Morgan fingerprint density at radius 1 is 1.26 bits per heavy atom. The van der Waals surface area contributed by atoms with Gasteiger partial charge in [-0.3, -0.25) is 0 Å². The van der Waals surface area contributed by atoms with Crippen molar-refractivity contribution in [1.82, 2.24) is 0 Å². The molecule has 0 fully saturated rings. The summed E-state index contributed by atoms with van der Waals surface area (Å²) in [7, 11) is -3.13. The molecule has 0 aliphatic rings. The molecule has 0 radical (unpaired) electrons. The topological polar surface area (TPSA) is 70.0 Å². The third kappa shape index (κ3) is 5.31. The molecule has 19 heavy (non-hydrogen) atoms. The van der Waals surface area contributed by atoms with Gasteiger partial charge in [0, 0.05) is 18.5 Å². The number of nitrogens with one attached hydrogen (secondary N) is 1. The average molecular weight is 280 g/mol. The molecular formula is C14H20N2O2S. The van der Waals surface area contributed by atoms with Crippen LogP contribution in [0.2, 0.25) is 0 Å². The Morgan fingerprint density at radius 3 is 2.32 bits per heavy atom. The fourth-order valence-corrected chi connectivity index (χ4v) is 2.27. The zero-order valence-corrected chi connectivity index (χ0v) is 12.4. The molecule has 0 saturated carbocycles. The summed E-state index contributed by atoms with van der Waals surface area (Å²) in [6.45, 7) is 4.62. The standard InChI is InChI=1S/C14H20N2O2S/c1-14(2,11-15)9-4-10-16-12-5-7-13(8-6-12)19(3,17)18/h5-8,16H,4,9-10H2,1-3H3. The Morgan fingerprint density at radius 2 is 1.84 bits per heavy atom. The van der Waals surface area contributed by atoms with E-state index in [1.165, 1.54) is 6.26 Å². The van der Waals surface area contributed by atoms with Crippen molar-refractivity contribution in [3.05, 3.63) is 24.3 Å². The molecule has 0 saturated heterocycles. The molecule has 1 aromatic carbocycles. The van der Waals surface area contributed by atoms with Crippen LogP contribution in [0.25, 0.3) is 0 Å². The second-order valence-electron chi connectivity index (χ2n) is 5.32. The largest absolute Gasteiger partial charge is 0.385 e. The summed E-state index contributed by atoms with van der Waals surface area (Å²) in [5.41, 5.74) is 0.601. The van der Waals surface area contributed by atoms with Gasteiger partial charge < -0.3 is 5.32 Å². The molecule has 5 heteroatoms. The summed E-state index contributed by atoms with van der Waals surface area (Å²) in [5, 5.41) is 12.1. The molecular weight excluding hydrogens is 260 g/mol. The molecule has 0 bridgehead atoms. The average Bonchev–Trinajstić information content (AvgIpc) is 2.34. The summed E-state index contributed by atoms with van der Waals surface area (Å²) in [4.78, 5) is 0.323. The maximum absolute atomic E-state index is 11.3. The normalized spacial score (nSPS) is 11.9. The van der Waals surface area contributed by atoms with Crippen LogP contribution in [0.5, 0.6) is 0 Å². The molecule has 0 aliphatic heterocycles. The van der Waals surface area contributed by atoms with Crippen LogP contribution in [0.1, 0.15) is 26.7 Å². The van der Waals surface area contributed by atoms with E-state index in [0.29, 0.717) is 4.90 Å². The zero-order valence-electron chi connectivity index (χ0n) is 11.6. The van der Waals surface area contributed by atoms with Gasteiger partial charge in [-0.2, -0.15) is 5.26 Å². The van der Waals surface area contributed by atoms with Crippen LogP contribution < -0.4 is 5.32 Å². The number of nitrogens with zero attached hydrogens (tertiary/aromatic N) is 1. The van der Waals surface area contributed by atoms with Crippen molar-refractivity contribution < 1.29 is 8.42 Å². The van der Waals surface area contributed by atoms with Gasteiger partial charge in [0.15, 0.2) is 9.84 Å². The van der Waals surface area contributed by atoms with Crippen LogP contribution in [-0.4, -0.2) is 21.2 Å². The first-order valence-electron chi connectivity index (χ1n) is 6.20. The summed E-state index contributed by atoms with van der Waals surface area (Å²) in [6, 6.07) is 8.97. The van der Waals surface area contributed by atoms with Crippen molar-refractivity contribution in [2.24, 2.45) is 5.41 Å². The van der Waals surface area contributed by atoms with Gasteiger partial charge in [0.2, 0.25) is 0 Å². The molecule has 1 rings (SSSR count). The maximum Gasteiger partial charge on any atom is 0.175 e. The molecule has 0 atom stereocenters. The lowest BCUT2D eigenvalue weighted by Crippen LogP contribution is -2.11. The van der Waals surface area contributed by atoms with Gasteiger partial charge in [0.1, 0.15) is 0 Å². The van der Waals surface area contributed by atoms with E-state index in [2.05, 4.69) is 11.4 Å². The zero-order chi connectivity index (χ0) is 14.5. The van der Waals surface area contributed by atoms with Gasteiger partial charge in [-0.25, -0.2) is 8.42 Å². The van der Waals surface area contributed by atoms with E-state index < -0.39 is 9.84 Å². The Kier molecular flexibility index (Phi) is 4.96. The maximum atomic E-state index is 11.3. The van der Waals surface area contributed by atoms with Crippen molar-refractivity contribution in [2.75, 3.05) is 18.1 Å². The fraction of sp³-hybridized carbons (Fsp3) is 0.500. The van der Waals surface area contributed by atoms with Crippen LogP contribution in [0.4, 0.5) is 5.69 Å². The smallest absolute Gasteiger partial charge is 0.175 e. The van der Waals surface area contributed by atoms with E-state index >= 15 is 0 Å². The van der Waals surface area contributed by atoms with Crippen molar-refractivity contribution in [3.8, 4) is 6.07 Å². The van der Waals surface area contributed by atoms with Gasteiger partial charge in [0.25, 0.3) is 0 Å². The summed E-state index contributed by atoms with van der Waals surface area (Å²) < 4.78 is 22.6. The summed E-state index contributed by atoms with van der Waals surface area (Å²) in [5.74, 6) is 0. The number of sulfone groups is 1. The van der Waals surface area contributed by atoms with E-state index in [9.17, 15) is 8.42 Å². The minimum absolute atomic E-state index is 0.290. The number of nitriles is 1. The number of hydrogen-bond acceptors (Lipinski definition) is 4. The minimum Gasteiger partial charge on any atom is -0.385 e. The van der Waals surface area contributed by atoms with Gasteiger partial charge in [-0.15, -0.1) is 0 Å². The SMILES string of the molecule is CC(C)(C#N)CCCNc1ccc(S(C)(=O)=O)cc1. The first kappa shape index (κ1) is 15.5. The Bertz CT molecular complexity index is 554. The highest BCUT2D eigenvalue weighted by Crippen LogP contribution is 2.20. The monoisotopic (exact) mass is 280 g/mol. The molecule has 104 valence electrons. The number of hydrogen-bond donors (Lipinski definition) is 1. The molecule has 1 N–H and O–H groups in total. The first-order chi connectivity index (χ1) is 8.74. The highest BCUT2D eigenvalue weighted by Gasteiger charge is 2.15. The van der Waals surface area contributed by atoms with Crippen LogP contribution in [0.3, 0.4) is 0 Å². The van der Waals surface area contributed by atoms with Crippen molar-refractivity contribution in [3.63, 3.8) is 0 Å². The Labute approximate surface area is 115 Å². The number of benzene rings is 1. The third-order valence-corrected chi connectivity index (χ3v) is 4.02. The van der Waals surface area contributed by atoms with E-state index in [0.717, 1.165) is 25.1 Å². The molecule has 0 aliphatic carbocycles. The van der Waals surface area contributed by atoms with Gasteiger partial charge in [-0.05, 0) is 51.0 Å². The molecule has 0 amide bonds. The van der Waals surface area contributed by atoms with E-state index in [1.54, 1.807) is 24.3 Å². The first-order valence-corrected chi connectivity index (χ1v) is 8.09. The van der Waals surface area contributed by atoms with E-state index in [1.807, 2.05) is 13.8 Å². The fourth-order valence-electron chi connectivity index (χ4n) is 1.64. The lowest BCUT2D eigenvalue weighted by molar-refractivity contribution is 0.441.